The zero-order valence-corrected chi connectivity index (χ0v) is 8.94. The molecule has 0 saturated carbocycles. The summed E-state index contributed by atoms with van der Waals surface area (Å²) in [4.78, 5) is 11.1. The van der Waals surface area contributed by atoms with Crippen LogP contribution in [0.3, 0.4) is 0 Å². The number of carbonyl (C=O) groups is 1. The predicted molar refractivity (Wildman–Crippen MR) is 61.8 cm³/mol. The first-order valence-corrected chi connectivity index (χ1v) is 4.74. The van der Waals surface area contributed by atoms with E-state index in [1.54, 1.807) is 24.3 Å². The Morgan fingerprint density at radius 3 is 2.43 bits per heavy atom. The van der Waals surface area contributed by atoms with E-state index in [0.717, 1.165) is 5.56 Å². The number of aromatic carboxylic acids is 1. The van der Waals surface area contributed by atoms with Gasteiger partial charge >= 0.3 is 5.97 Å². The topological polar surface area (TPSA) is 49.3 Å². The second kappa shape index (κ2) is 4.97. The van der Waals surface area contributed by atoms with Crippen LogP contribution < -0.4 is 4.72 Å². The lowest BCUT2D eigenvalue weighted by atomic mass is 10.1. The third-order valence-corrected chi connectivity index (χ3v) is 2.36. The quantitative estimate of drug-likeness (QED) is 0.543. The lowest BCUT2D eigenvalue weighted by molar-refractivity contribution is 0.0697. The summed E-state index contributed by atoms with van der Waals surface area (Å²) in [6, 6.07) is 6.58. The number of thiocarbonyl (C=S) groups is 1. The third-order valence-electron chi connectivity index (χ3n) is 1.69. The average Bonchev–Trinajstić information content (AvgIpc) is 2.18. The van der Waals surface area contributed by atoms with E-state index in [1.807, 2.05) is 0 Å². The van der Waals surface area contributed by atoms with Crippen molar-refractivity contribution in [2.45, 2.75) is 6.42 Å². The molecule has 0 saturated heterocycles. The second-order valence-electron chi connectivity index (χ2n) is 2.71. The molecule has 0 spiro atoms. The van der Waals surface area contributed by atoms with Gasteiger partial charge in [0.15, 0.2) is 0 Å². The number of hydrogen-bond donors (Lipinski definition) is 3. The van der Waals surface area contributed by atoms with E-state index in [9.17, 15) is 4.79 Å². The SMILES string of the molecule is O=C(O)c1ccc(CC(=S)NS)cc1. The first-order chi connectivity index (χ1) is 6.63. The average molecular weight is 227 g/mol. The fourth-order valence-corrected chi connectivity index (χ4v) is 1.24. The predicted octanol–water partition coefficient (Wildman–Crippen LogP) is 1.69. The van der Waals surface area contributed by atoms with Crippen LogP contribution in [0.1, 0.15) is 15.9 Å². The normalized spacial score (nSPS) is 9.50. The Labute approximate surface area is 92.7 Å². The number of hydrogen-bond acceptors (Lipinski definition) is 3. The smallest absolute Gasteiger partial charge is 0.335 e. The van der Waals surface area contributed by atoms with Crippen molar-refractivity contribution in [2.75, 3.05) is 0 Å². The number of carboxylic acid groups (broad SMARTS) is 1. The molecule has 0 aliphatic carbocycles. The summed E-state index contributed by atoms with van der Waals surface area (Å²) >= 11 is 8.73. The van der Waals surface area contributed by atoms with Gasteiger partial charge in [0.2, 0.25) is 0 Å². The second-order valence-corrected chi connectivity index (χ2v) is 3.43. The van der Waals surface area contributed by atoms with E-state index >= 15 is 0 Å². The van der Waals surface area contributed by atoms with Gasteiger partial charge in [0.05, 0.1) is 10.6 Å². The van der Waals surface area contributed by atoms with Crippen LogP contribution in [0.5, 0.6) is 0 Å². The molecule has 2 N–H and O–H groups in total. The van der Waals surface area contributed by atoms with Crippen molar-refractivity contribution >= 4 is 36.0 Å². The number of benzene rings is 1. The summed E-state index contributed by atoms with van der Waals surface area (Å²) < 4.78 is 2.56. The Morgan fingerprint density at radius 2 is 2.00 bits per heavy atom. The molecule has 0 amide bonds. The van der Waals surface area contributed by atoms with Gasteiger partial charge in [-0.15, -0.1) is 0 Å². The lowest BCUT2D eigenvalue weighted by Gasteiger charge is -2.02. The molecule has 0 radical (unpaired) electrons. The number of carboxylic acids is 1. The molecule has 14 heavy (non-hydrogen) atoms. The molecular weight excluding hydrogens is 218 g/mol. The maximum atomic E-state index is 10.5. The Balaban J connectivity index is 2.73. The Morgan fingerprint density at radius 1 is 1.43 bits per heavy atom. The minimum Gasteiger partial charge on any atom is -0.478 e. The van der Waals surface area contributed by atoms with Crippen LogP contribution in [0.15, 0.2) is 24.3 Å². The van der Waals surface area contributed by atoms with Crippen LogP contribution in [-0.4, -0.2) is 16.1 Å². The molecule has 3 nitrogen and oxygen atoms in total. The van der Waals surface area contributed by atoms with Gasteiger partial charge < -0.3 is 9.83 Å². The molecule has 0 bridgehead atoms. The largest absolute Gasteiger partial charge is 0.478 e. The fraction of sp³-hybridized carbons (Fsp3) is 0.111. The number of rotatable bonds is 3. The van der Waals surface area contributed by atoms with Crippen LogP contribution in [0.25, 0.3) is 0 Å². The molecule has 1 rings (SSSR count). The molecule has 5 heteroatoms. The van der Waals surface area contributed by atoms with E-state index < -0.39 is 5.97 Å². The van der Waals surface area contributed by atoms with Crippen molar-refractivity contribution < 1.29 is 9.90 Å². The first-order valence-electron chi connectivity index (χ1n) is 3.88. The van der Waals surface area contributed by atoms with Gasteiger partial charge in [0, 0.05) is 6.42 Å². The maximum absolute atomic E-state index is 10.5. The summed E-state index contributed by atoms with van der Waals surface area (Å²) in [5.74, 6) is -0.925. The highest BCUT2D eigenvalue weighted by atomic mass is 32.1. The van der Waals surface area contributed by atoms with E-state index in [2.05, 4.69) is 17.5 Å². The van der Waals surface area contributed by atoms with Gasteiger partial charge in [-0.1, -0.05) is 37.2 Å². The van der Waals surface area contributed by atoms with E-state index in [4.69, 9.17) is 17.3 Å². The zero-order chi connectivity index (χ0) is 10.6. The van der Waals surface area contributed by atoms with Gasteiger partial charge in [0.25, 0.3) is 0 Å². The maximum Gasteiger partial charge on any atom is 0.335 e. The first kappa shape index (κ1) is 11.0. The van der Waals surface area contributed by atoms with Crippen molar-refractivity contribution in [1.29, 1.82) is 0 Å². The van der Waals surface area contributed by atoms with Crippen molar-refractivity contribution in [3.8, 4) is 0 Å². The molecular formula is C9H9NO2S2. The van der Waals surface area contributed by atoms with Gasteiger partial charge in [-0.3, -0.25) is 0 Å². The van der Waals surface area contributed by atoms with E-state index in [0.29, 0.717) is 11.4 Å². The van der Waals surface area contributed by atoms with Crippen LogP contribution in [-0.2, 0) is 6.42 Å². The van der Waals surface area contributed by atoms with Crippen molar-refractivity contribution in [3.05, 3.63) is 35.4 Å². The summed E-state index contributed by atoms with van der Waals surface area (Å²) in [6.45, 7) is 0. The van der Waals surface area contributed by atoms with Crippen LogP contribution in [0, 0.1) is 0 Å². The van der Waals surface area contributed by atoms with Crippen molar-refractivity contribution in [2.24, 2.45) is 0 Å². The third kappa shape index (κ3) is 3.01. The molecule has 1 aromatic carbocycles. The highest BCUT2D eigenvalue weighted by Gasteiger charge is 2.02. The number of thiol groups is 1. The minimum absolute atomic E-state index is 0.276. The van der Waals surface area contributed by atoms with Crippen molar-refractivity contribution in [3.63, 3.8) is 0 Å². The van der Waals surface area contributed by atoms with Crippen LogP contribution in [0.2, 0.25) is 0 Å². The molecule has 0 aromatic heterocycles. The monoisotopic (exact) mass is 227 g/mol. The summed E-state index contributed by atoms with van der Waals surface area (Å²) in [7, 11) is 0. The molecule has 0 unspecified atom stereocenters. The van der Waals surface area contributed by atoms with Crippen molar-refractivity contribution in [1.82, 2.24) is 4.72 Å². The Bertz CT molecular complexity index is 348. The number of nitrogens with one attached hydrogen (secondary N) is 1. The molecule has 1 aromatic rings. The molecule has 0 aliphatic heterocycles. The van der Waals surface area contributed by atoms with Gasteiger partial charge in [0.1, 0.15) is 0 Å². The van der Waals surface area contributed by atoms with E-state index in [-0.39, 0.29) is 5.56 Å². The fourth-order valence-electron chi connectivity index (χ4n) is 0.990. The molecule has 0 heterocycles. The Kier molecular flexibility index (Phi) is 3.91. The minimum atomic E-state index is -0.925. The molecule has 0 atom stereocenters. The van der Waals surface area contributed by atoms with Gasteiger partial charge in [-0.25, -0.2) is 4.79 Å². The van der Waals surface area contributed by atoms with Gasteiger partial charge in [-0.2, -0.15) is 0 Å². The van der Waals surface area contributed by atoms with Crippen LogP contribution in [0.4, 0.5) is 0 Å². The highest BCUT2D eigenvalue weighted by molar-refractivity contribution is 7.84. The molecule has 74 valence electrons. The standard InChI is InChI=1S/C9H9NO2S2/c11-9(12)7-3-1-6(2-4-7)5-8(13)10-14/h1-4,14H,5H2,(H,10,13)(H,11,12). The molecule has 0 fully saturated rings. The highest BCUT2D eigenvalue weighted by Crippen LogP contribution is 2.05. The summed E-state index contributed by atoms with van der Waals surface area (Å²) in [5, 5.41) is 8.65. The zero-order valence-electron chi connectivity index (χ0n) is 7.23. The summed E-state index contributed by atoms with van der Waals surface area (Å²) in [6.07, 6.45) is 0.568. The van der Waals surface area contributed by atoms with Crippen LogP contribution >= 0.6 is 25.0 Å². The summed E-state index contributed by atoms with van der Waals surface area (Å²) in [5.41, 5.74) is 1.24. The van der Waals surface area contributed by atoms with Gasteiger partial charge in [-0.05, 0) is 17.7 Å². The Hall–Kier alpha value is -1.07. The van der Waals surface area contributed by atoms with E-state index in [1.165, 1.54) is 0 Å². The lowest BCUT2D eigenvalue weighted by Crippen LogP contribution is -2.12. The molecule has 0 aliphatic rings.